The summed E-state index contributed by atoms with van der Waals surface area (Å²) < 4.78 is 5.29. The third kappa shape index (κ3) is 2.43. The van der Waals surface area contributed by atoms with Crippen LogP contribution in [0.15, 0.2) is 20.7 Å². The molecular weight excluding hydrogens is 260 g/mol. The molecule has 0 spiro atoms. The lowest BCUT2D eigenvalue weighted by Crippen LogP contribution is -2.62. The van der Waals surface area contributed by atoms with Gasteiger partial charge in [-0.2, -0.15) is 14.7 Å². The molecule has 0 radical (unpaired) electrons. The molecule has 0 aromatic rings. The second-order valence-corrected chi connectivity index (χ2v) is 4.38. The van der Waals surface area contributed by atoms with Gasteiger partial charge in [0.25, 0.3) is 0 Å². The molecule has 0 aliphatic carbocycles. The van der Waals surface area contributed by atoms with Crippen molar-refractivity contribution in [3.8, 4) is 0 Å². The number of nitroso groups, excluding NO2 is 4. The SMILES string of the molecule is CC[C@]1(C)O[C@H](C(=O)N=O)C(N=O)[C@H](N=O)C1N=O. The molecule has 0 aromatic carbocycles. The molecule has 0 aromatic heterocycles. The molecule has 5 atom stereocenters. The molecular formula is C9H12N4O6. The topological polar surface area (TPSA) is 144 Å². The van der Waals surface area contributed by atoms with E-state index in [1.54, 1.807) is 6.92 Å². The third-order valence-corrected chi connectivity index (χ3v) is 3.40. The Morgan fingerprint density at radius 3 is 2.05 bits per heavy atom. The zero-order chi connectivity index (χ0) is 14.6. The van der Waals surface area contributed by atoms with E-state index < -0.39 is 35.7 Å². The maximum atomic E-state index is 11.3. The van der Waals surface area contributed by atoms with Crippen LogP contribution in [0.4, 0.5) is 0 Å². The summed E-state index contributed by atoms with van der Waals surface area (Å²) in [4.78, 5) is 54.1. The monoisotopic (exact) mass is 272 g/mol. The van der Waals surface area contributed by atoms with Crippen molar-refractivity contribution < 1.29 is 9.53 Å². The molecule has 1 heterocycles. The van der Waals surface area contributed by atoms with Gasteiger partial charge in [0, 0.05) is 5.18 Å². The van der Waals surface area contributed by atoms with Gasteiger partial charge >= 0.3 is 5.91 Å². The van der Waals surface area contributed by atoms with Crippen molar-refractivity contribution in [2.45, 2.75) is 50.1 Å². The highest BCUT2D eigenvalue weighted by atomic mass is 16.5. The Bertz CT molecular complexity index is 414. The molecule has 1 aliphatic heterocycles. The minimum absolute atomic E-state index is 0.212. The van der Waals surface area contributed by atoms with Crippen molar-refractivity contribution in [1.29, 1.82) is 0 Å². The molecule has 0 bridgehead atoms. The van der Waals surface area contributed by atoms with E-state index in [2.05, 4.69) is 20.7 Å². The molecule has 19 heavy (non-hydrogen) atoms. The van der Waals surface area contributed by atoms with Gasteiger partial charge in [0.2, 0.25) is 0 Å². The minimum Gasteiger partial charge on any atom is -0.357 e. The zero-order valence-corrected chi connectivity index (χ0v) is 10.3. The van der Waals surface area contributed by atoms with E-state index in [1.807, 2.05) is 0 Å². The van der Waals surface area contributed by atoms with Gasteiger partial charge in [-0.05, 0) is 13.3 Å². The molecule has 0 saturated carbocycles. The van der Waals surface area contributed by atoms with Crippen molar-refractivity contribution >= 4 is 5.91 Å². The van der Waals surface area contributed by atoms with Gasteiger partial charge in [0.1, 0.15) is 12.1 Å². The Morgan fingerprint density at radius 2 is 1.68 bits per heavy atom. The maximum absolute atomic E-state index is 11.3. The molecule has 2 unspecified atom stereocenters. The Labute approximate surface area is 107 Å². The molecule has 1 fully saturated rings. The number of hydrogen-bond acceptors (Lipinski definition) is 9. The van der Waals surface area contributed by atoms with E-state index in [0.29, 0.717) is 0 Å². The second kappa shape index (κ2) is 5.78. The Hall–Kier alpha value is -1.97. The average molecular weight is 272 g/mol. The molecule has 1 saturated heterocycles. The molecule has 10 nitrogen and oxygen atoms in total. The summed E-state index contributed by atoms with van der Waals surface area (Å²) >= 11 is 0. The van der Waals surface area contributed by atoms with E-state index in [1.165, 1.54) is 6.92 Å². The van der Waals surface area contributed by atoms with E-state index in [0.717, 1.165) is 0 Å². The molecule has 10 heteroatoms. The van der Waals surface area contributed by atoms with Crippen molar-refractivity contribution in [2.24, 2.45) is 20.7 Å². The largest absolute Gasteiger partial charge is 0.357 e. The fourth-order valence-corrected chi connectivity index (χ4v) is 2.11. The van der Waals surface area contributed by atoms with E-state index in [-0.39, 0.29) is 6.42 Å². The highest BCUT2D eigenvalue weighted by molar-refractivity contribution is 5.82. The standard InChI is InChI=1S/C9H12N4O6/c1-3-9(2)7(12-17)5(11-16)4(10-15)6(19-9)8(14)13-18/h4-7H,3H2,1-2H3/t4?,5-,6-,7?,9-/m0/s1. The molecule has 0 N–H and O–H groups in total. The summed E-state index contributed by atoms with van der Waals surface area (Å²) in [5.74, 6) is -1.28. The predicted molar refractivity (Wildman–Crippen MR) is 63.1 cm³/mol. The van der Waals surface area contributed by atoms with Gasteiger partial charge in [-0.1, -0.05) is 22.5 Å². The number of rotatable bonds is 5. The molecule has 1 amide bonds. The highest BCUT2D eigenvalue weighted by Crippen LogP contribution is 2.37. The van der Waals surface area contributed by atoms with Crippen LogP contribution in [0.25, 0.3) is 0 Å². The highest BCUT2D eigenvalue weighted by Gasteiger charge is 2.57. The van der Waals surface area contributed by atoms with Crippen LogP contribution in [0.1, 0.15) is 20.3 Å². The van der Waals surface area contributed by atoms with Crippen molar-refractivity contribution in [2.75, 3.05) is 0 Å². The zero-order valence-electron chi connectivity index (χ0n) is 10.3. The summed E-state index contributed by atoms with van der Waals surface area (Å²) in [7, 11) is 0. The second-order valence-electron chi connectivity index (χ2n) is 4.38. The van der Waals surface area contributed by atoms with Crippen LogP contribution in [0, 0.1) is 19.6 Å². The number of carbonyl (C=O) groups excluding carboxylic acids is 1. The van der Waals surface area contributed by atoms with E-state index in [4.69, 9.17) is 4.74 Å². The maximum Gasteiger partial charge on any atom is 0.317 e. The number of carbonyl (C=O) groups is 1. The summed E-state index contributed by atoms with van der Waals surface area (Å²) in [6, 6.07) is -4.33. The summed E-state index contributed by atoms with van der Waals surface area (Å²) in [5.41, 5.74) is -1.30. The van der Waals surface area contributed by atoms with Gasteiger partial charge < -0.3 is 4.74 Å². The lowest BCUT2D eigenvalue weighted by atomic mass is 9.80. The lowest BCUT2D eigenvalue weighted by molar-refractivity contribution is -0.164. The first kappa shape index (κ1) is 15.1. The van der Waals surface area contributed by atoms with Gasteiger partial charge in [-0.3, -0.25) is 4.79 Å². The smallest absolute Gasteiger partial charge is 0.317 e. The fraction of sp³-hybridized carbons (Fsp3) is 0.889. The van der Waals surface area contributed by atoms with Crippen LogP contribution >= 0.6 is 0 Å². The molecule has 104 valence electrons. The Morgan fingerprint density at radius 1 is 1.11 bits per heavy atom. The Kier molecular flexibility index (Phi) is 4.59. The first-order valence-corrected chi connectivity index (χ1v) is 5.51. The first-order valence-electron chi connectivity index (χ1n) is 5.51. The van der Waals surface area contributed by atoms with Crippen molar-refractivity contribution in [3.05, 3.63) is 19.6 Å². The van der Waals surface area contributed by atoms with Gasteiger partial charge in [-0.25, -0.2) is 0 Å². The quantitative estimate of drug-likeness (QED) is 0.688. The van der Waals surface area contributed by atoms with E-state index in [9.17, 15) is 24.4 Å². The number of amides is 1. The van der Waals surface area contributed by atoms with Gasteiger partial charge in [0.05, 0.1) is 5.60 Å². The molecule has 1 aliphatic rings. The summed E-state index contributed by atoms with van der Waals surface area (Å²) in [6.45, 7) is 3.06. The average Bonchev–Trinajstić information content (AvgIpc) is 2.44. The van der Waals surface area contributed by atoms with Crippen LogP contribution in [-0.2, 0) is 9.53 Å². The third-order valence-electron chi connectivity index (χ3n) is 3.40. The van der Waals surface area contributed by atoms with Crippen LogP contribution < -0.4 is 0 Å². The van der Waals surface area contributed by atoms with Crippen molar-refractivity contribution in [1.82, 2.24) is 0 Å². The normalized spacial score (nSPS) is 38.2. The summed E-state index contributed by atoms with van der Waals surface area (Å²) in [6.07, 6.45) is -1.41. The Balaban J connectivity index is 3.28. The van der Waals surface area contributed by atoms with Crippen LogP contribution in [0.5, 0.6) is 0 Å². The van der Waals surface area contributed by atoms with Gasteiger partial charge in [0.15, 0.2) is 12.1 Å². The molecule has 1 rings (SSSR count). The predicted octanol–water partition coefficient (Wildman–Crippen LogP) is 1.25. The summed E-state index contributed by atoms with van der Waals surface area (Å²) in [5, 5.41) is 10.1. The van der Waals surface area contributed by atoms with Gasteiger partial charge in [-0.15, -0.1) is 4.91 Å². The van der Waals surface area contributed by atoms with Crippen LogP contribution in [0.3, 0.4) is 0 Å². The number of ether oxygens (including phenoxy) is 1. The minimum atomic E-state index is -1.62. The van der Waals surface area contributed by atoms with Crippen LogP contribution in [0.2, 0.25) is 0 Å². The first-order chi connectivity index (χ1) is 8.98. The number of hydrogen-bond donors (Lipinski definition) is 0. The lowest BCUT2D eigenvalue weighted by Gasteiger charge is -2.43. The van der Waals surface area contributed by atoms with Crippen LogP contribution in [-0.4, -0.2) is 35.7 Å². The number of nitrogens with zero attached hydrogens (tertiary/aromatic N) is 4. The van der Waals surface area contributed by atoms with Crippen molar-refractivity contribution in [3.63, 3.8) is 0 Å². The fourth-order valence-electron chi connectivity index (χ4n) is 2.11. The van der Waals surface area contributed by atoms with E-state index >= 15 is 0 Å².